The smallest absolute Gasteiger partial charge is 0.118 e. The number of fused-ring (bicyclic) bond motifs is 1. The summed E-state index contributed by atoms with van der Waals surface area (Å²) in [4.78, 5) is 0. The van der Waals surface area contributed by atoms with Crippen LogP contribution in [-0.4, -0.2) is 7.11 Å². The van der Waals surface area contributed by atoms with Gasteiger partial charge < -0.3 is 4.74 Å². The Bertz CT molecular complexity index is 862. The third-order valence-electron chi connectivity index (χ3n) is 3.44. The summed E-state index contributed by atoms with van der Waals surface area (Å²) in [6.07, 6.45) is 3.87. The van der Waals surface area contributed by atoms with Crippen molar-refractivity contribution in [2.75, 3.05) is 7.11 Å². The molecular formula is C21H16O. The zero-order valence-corrected chi connectivity index (χ0v) is 12.4. The van der Waals surface area contributed by atoms with E-state index in [9.17, 15) is 0 Å². The van der Waals surface area contributed by atoms with Crippen molar-refractivity contribution < 1.29 is 4.74 Å². The van der Waals surface area contributed by atoms with E-state index in [-0.39, 0.29) is 0 Å². The number of allylic oxidation sites excluding steroid dienone is 1. The zero-order valence-electron chi connectivity index (χ0n) is 12.4. The number of ether oxygens (including phenoxy) is 1. The standard InChI is InChI=1S/C21H16O/c1-22-21-14-11-17(12-15-21)6-2-3-7-18-10-13-19-8-4-5-9-20(19)16-18/h2,4-6,8-16H,1H3/b6-2+. The maximum absolute atomic E-state index is 5.14. The molecule has 0 saturated heterocycles. The second-order valence-corrected chi connectivity index (χ2v) is 4.94. The Kier molecular flexibility index (Phi) is 4.22. The summed E-state index contributed by atoms with van der Waals surface area (Å²) in [7, 11) is 1.67. The first-order valence-electron chi connectivity index (χ1n) is 7.16. The van der Waals surface area contributed by atoms with Gasteiger partial charge in [-0.3, -0.25) is 0 Å². The lowest BCUT2D eigenvalue weighted by molar-refractivity contribution is 0.415. The fourth-order valence-electron chi connectivity index (χ4n) is 2.24. The summed E-state index contributed by atoms with van der Waals surface area (Å²) in [5.41, 5.74) is 2.13. The van der Waals surface area contributed by atoms with E-state index in [1.54, 1.807) is 7.11 Å². The minimum Gasteiger partial charge on any atom is -0.497 e. The molecular weight excluding hydrogens is 268 g/mol. The first kappa shape index (κ1) is 14.0. The molecule has 0 spiro atoms. The largest absolute Gasteiger partial charge is 0.497 e. The highest BCUT2D eigenvalue weighted by molar-refractivity contribution is 5.83. The Balaban J connectivity index is 1.74. The number of benzene rings is 3. The third-order valence-corrected chi connectivity index (χ3v) is 3.44. The van der Waals surface area contributed by atoms with E-state index in [0.717, 1.165) is 16.9 Å². The van der Waals surface area contributed by atoms with Gasteiger partial charge in [-0.1, -0.05) is 54.3 Å². The molecule has 3 aromatic carbocycles. The molecule has 22 heavy (non-hydrogen) atoms. The minimum absolute atomic E-state index is 0.861. The van der Waals surface area contributed by atoms with Crippen LogP contribution in [0.2, 0.25) is 0 Å². The van der Waals surface area contributed by atoms with Gasteiger partial charge in [-0.05, 0) is 52.8 Å². The quantitative estimate of drug-likeness (QED) is 0.607. The first-order chi connectivity index (χ1) is 10.8. The number of hydrogen-bond donors (Lipinski definition) is 0. The van der Waals surface area contributed by atoms with Gasteiger partial charge in [-0.15, -0.1) is 0 Å². The Morgan fingerprint density at radius 2 is 1.64 bits per heavy atom. The third kappa shape index (κ3) is 3.37. The van der Waals surface area contributed by atoms with Gasteiger partial charge in [-0.2, -0.15) is 0 Å². The van der Waals surface area contributed by atoms with E-state index in [1.165, 1.54) is 10.8 Å². The van der Waals surface area contributed by atoms with Crippen molar-refractivity contribution in [3.8, 4) is 17.6 Å². The molecule has 1 nitrogen and oxygen atoms in total. The van der Waals surface area contributed by atoms with Crippen molar-refractivity contribution in [2.24, 2.45) is 0 Å². The van der Waals surface area contributed by atoms with Crippen molar-refractivity contribution >= 4 is 16.8 Å². The van der Waals surface area contributed by atoms with Crippen LogP contribution in [0.25, 0.3) is 16.8 Å². The highest BCUT2D eigenvalue weighted by Crippen LogP contribution is 2.15. The molecule has 0 atom stereocenters. The minimum atomic E-state index is 0.861. The lowest BCUT2D eigenvalue weighted by Crippen LogP contribution is -1.81. The van der Waals surface area contributed by atoms with Crippen LogP contribution in [0.5, 0.6) is 5.75 Å². The summed E-state index contributed by atoms with van der Waals surface area (Å²) < 4.78 is 5.14. The maximum Gasteiger partial charge on any atom is 0.118 e. The van der Waals surface area contributed by atoms with Crippen LogP contribution in [0.4, 0.5) is 0 Å². The van der Waals surface area contributed by atoms with Crippen molar-refractivity contribution in [3.63, 3.8) is 0 Å². The van der Waals surface area contributed by atoms with E-state index in [0.29, 0.717) is 0 Å². The second kappa shape index (κ2) is 6.65. The van der Waals surface area contributed by atoms with Gasteiger partial charge in [0.2, 0.25) is 0 Å². The van der Waals surface area contributed by atoms with E-state index in [4.69, 9.17) is 4.74 Å². The Hall–Kier alpha value is -2.98. The van der Waals surface area contributed by atoms with Crippen molar-refractivity contribution in [3.05, 3.63) is 83.9 Å². The summed E-state index contributed by atoms with van der Waals surface area (Å²) in [6.45, 7) is 0. The highest BCUT2D eigenvalue weighted by Gasteiger charge is 1.92. The zero-order chi connectivity index (χ0) is 15.2. The number of rotatable bonds is 2. The average Bonchev–Trinajstić information content (AvgIpc) is 2.59. The molecule has 0 N–H and O–H groups in total. The second-order valence-electron chi connectivity index (χ2n) is 4.94. The van der Waals surface area contributed by atoms with Crippen LogP contribution in [0, 0.1) is 11.8 Å². The van der Waals surface area contributed by atoms with Crippen molar-refractivity contribution in [1.29, 1.82) is 0 Å². The summed E-state index contributed by atoms with van der Waals surface area (Å²) in [5, 5.41) is 2.45. The van der Waals surface area contributed by atoms with Crippen LogP contribution in [0.3, 0.4) is 0 Å². The Morgan fingerprint density at radius 3 is 2.41 bits per heavy atom. The molecule has 0 unspecified atom stereocenters. The van der Waals surface area contributed by atoms with Crippen LogP contribution < -0.4 is 4.74 Å². The molecule has 0 aliphatic heterocycles. The molecule has 0 fully saturated rings. The molecule has 0 heterocycles. The van der Waals surface area contributed by atoms with Gasteiger partial charge >= 0.3 is 0 Å². The molecule has 0 saturated carbocycles. The first-order valence-corrected chi connectivity index (χ1v) is 7.16. The lowest BCUT2D eigenvalue weighted by Gasteiger charge is -1.98. The van der Waals surface area contributed by atoms with Crippen LogP contribution >= 0.6 is 0 Å². The highest BCUT2D eigenvalue weighted by atomic mass is 16.5. The summed E-state index contributed by atoms with van der Waals surface area (Å²) in [6, 6.07) is 22.5. The Labute approximate surface area is 130 Å². The van der Waals surface area contributed by atoms with Gasteiger partial charge in [0, 0.05) is 5.56 Å². The van der Waals surface area contributed by atoms with Gasteiger partial charge in [0.05, 0.1) is 7.11 Å². The predicted octanol–water partition coefficient (Wildman–Crippen LogP) is 4.91. The van der Waals surface area contributed by atoms with Crippen LogP contribution in [0.15, 0.2) is 72.8 Å². The summed E-state index contributed by atoms with van der Waals surface area (Å²) in [5.74, 6) is 7.11. The fourth-order valence-corrected chi connectivity index (χ4v) is 2.24. The van der Waals surface area contributed by atoms with Crippen molar-refractivity contribution in [1.82, 2.24) is 0 Å². The number of methoxy groups -OCH3 is 1. The molecule has 0 aliphatic carbocycles. The molecule has 106 valence electrons. The van der Waals surface area contributed by atoms with Crippen LogP contribution in [0.1, 0.15) is 11.1 Å². The predicted molar refractivity (Wildman–Crippen MR) is 92.9 cm³/mol. The molecule has 0 aromatic heterocycles. The normalized spacial score (nSPS) is 10.4. The Morgan fingerprint density at radius 1 is 0.864 bits per heavy atom. The van der Waals surface area contributed by atoms with E-state index >= 15 is 0 Å². The molecule has 0 radical (unpaired) electrons. The molecule has 0 bridgehead atoms. The topological polar surface area (TPSA) is 9.23 Å². The van der Waals surface area contributed by atoms with Gasteiger partial charge in [0.15, 0.2) is 0 Å². The molecule has 3 aromatic rings. The summed E-state index contributed by atoms with van der Waals surface area (Å²) >= 11 is 0. The van der Waals surface area contributed by atoms with Gasteiger partial charge in [-0.25, -0.2) is 0 Å². The number of hydrogen-bond acceptors (Lipinski definition) is 1. The van der Waals surface area contributed by atoms with E-state index in [2.05, 4.69) is 42.2 Å². The average molecular weight is 284 g/mol. The van der Waals surface area contributed by atoms with Gasteiger partial charge in [0.1, 0.15) is 5.75 Å². The van der Waals surface area contributed by atoms with E-state index in [1.807, 2.05) is 48.6 Å². The molecule has 1 heteroatoms. The lowest BCUT2D eigenvalue weighted by atomic mass is 10.1. The molecule has 0 aliphatic rings. The van der Waals surface area contributed by atoms with Gasteiger partial charge in [0.25, 0.3) is 0 Å². The monoisotopic (exact) mass is 284 g/mol. The SMILES string of the molecule is COc1ccc(/C=C/C#Cc2ccc3ccccc3c2)cc1. The van der Waals surface area contributed by atoms with Crippen LogP contribution in [-0.2, 0) is 0 Å². The molecule has 3 rings (SSSR count). The van der Waals surface area contributed by atoms with Crippen molar-refractivity contribution in [2.45, 2.75) is 0 Å². The maximum atomic E-state index is 5.14. The van der Waals surface area contributed by atoms with E-state index < -0.39 is 0 Å². The fraction of sp³-hybridized carbons (Fsp3) is 0.0476. The molecule has 0 amide bonds.